The molecule has 0 saturated heterocycles. The first-order valence-electron chi connectivity index (χ1n) is 6.71. The van der Waals surface area contributed by atoms with E-state index in [0.717, 1.165) is 11.1 Å². The Hall–Kier alpha value is -2.10. The highest BCUT2D eigenvalue weighted by atomic mass is 35.5. The first-order valence-corrected chi connectivity index (χ1v) is 7.46. The summed E-state index contributed by atoms with van der Waals surface area (Å²) >= 11 is 12.1. The third kappa shape index (κ3) is 3.21. The zero-order chi connectivity index (χ0) is 15.5. The lowest BCUT2D eigenvalue weighted by Crippen LogP contribution is -2.23. The maximum absolute atomic E-state index is 12.3. The van der Waals surface area contributed by atoms with E-state index in [1.54, 1.807) is 12.1 Å². The molecule has 0 saturated carbocycles. The third-order valence-electron chi connectivity index (χ3n) is 3.28. The van der Waals surface area contributed by atoms with Crippen LogP contribution in [-0.4, -0.2) is 9.78 Å². The monoisotopic (exact) mass is 330 g/mol. The van der Waals surface area contributed by atoms with Gasteiger partial charge >= 0.3 is 0 Å². The predicted molar refractivity (Wildman–Crippen MR) is 89.5 cm³/mol. The summed E-state index contributed by atoms with van der Waals surface area (Å²) in [5, 5.41) is 5.12. The Balaban J connectivity index is 1.98. The zero-order valence-electron chi connectivity index (χ0n) is 11.5. The second-order valence-corrected chi connectivity index (χ2v) is 5.63. The van der Waals surface area contributed by atoms with Crippen molar-refractivity contribution in [2.45, 2.75) is 6.54 Å². The van der Waals surface area contributed by atoms with E-state index in [4.69, 9.17) is 23.2 Å². The zero-order valence-corrected chi connectivity index (χ0v) is 13.1. The molecule has 0 atom stereocenters. The fourth-order valence-electron chi connectivity index (χ4n) is 2.17. The largest absolute Gasteiger partial charge is 0.268 e. The molecule has 0 aliphatic heterocycles. The van der Waals surface area contributed by atoms with Crippen molar-refractivity contribution in [3.63, 3.8) is 0 Å². The Morgan fingerprint density at radius 1 is 0.955 bits per heavy atom. The first-order chi connectivity index (χ1) is 10.6. The molecule has 0 fully saturated rings. The number of nitrogens with zero attached hydrogens (tertiary/aromatic N) is 2. The van der Waals surface area contributed by atoms with E-state index in [0.29, 0.717) is 17.1 Å². The van der Waals surface area contributed by atoms with Gasteiger partial charge in [-0.3, -0.25) is 4.79 Å². The Bertz CT molecular complexity index is 843. The molecular formula is C17H12Cl2N2O. The maximum atomic E-state index is 12.3. The van der Waals surface area contributed by atoms with Crippen molar-refractivity contribution < 1.29 is 0 Å². The minimum atomic E-state index is -0.196. The number of aromatic nitrogens is 2. The summed E-state index contributed by atoms with van der Waals surface area (Å²) in [6.07, 6.45) is 0. The van der Waals surface area contributed by atoms with Gasteiger partial charge in [0, 0.05) is 16.7 Å². The molecule has 22 heavy (non-hydrogen) atoms. The average Bonchev–Trinajstić information content (AvgIpc) is 2.53. The van der Waals surface area contributed by atoms with Crippen molar-refractivity contribution in [1.29, 1.82) is 0 Å². The van der Waals surface area contributed by atoms with E-state index >= 15 is 0 Å². The van der Waals surface area contributed by atoms with Crippen molar-refractivity contribution in [2.24, 2.45) is 0 Å². The van der Waals surface area contributed by atoms with Gasteiger partial charge in [0.2, 0.25) is 0 Å². The lowest BCUT2D eigenvalue weighted by Gasteiger charge is -2.08. The second kappa shape index (κ2) is 6.34. The highest BCUT2D eigenvalue weighted by Crippen LogP contribution is 2.25. The molecule has 0 N–H and O–H groups in total. The lowest BCUT2D eigenvalue weighted by atomic mass is 10.1. The standard InChI is InChI=1S/C17H12Cl2N2O/c18-14-8-6-13(7-9-14)15-10-16(22)21(20-17(15)19)11-12-4-2-1-3-5-12/h1-10H,11H2. The molecule has 0 radical (unpaired) electrons. The van der Waals surface area contributed by atoms with E-state index in [1.807, 2.05) is 42.5 Å². The quantitative estimate of drug-likeness (QED) is 0.718. The third-order valence-corrected chi connectivity index (χ3v) is 3.81. The summed E-state index contributed by atoms with van der Waals surface area (Å²) in [6.45, 7) is 0.389. The molecule has 0 amide bonds. The maximum Gasteiger partial charge on any atom is 0.267 e. The molecule has 5 heteroatoms. The molecular weight excluding hydrogens is 319 g/mol. The van der Waals surface area contributed by atoms with Gasteiger partial charge in [0.1, 0.15) is 0 Å². The van der Waals surface area contributed by atoms with Crippen LogP contribution in [0.2, 0.25) is 10.2 Å². The minimum Gasteiger partial charge on any atom is -0.268 e. The van der Waals surface area contributed by atoms with Crippen LogP contribution in [-0.2, 0) is 6.54 Å². The van der Waals surface area contributed by atoms with Crippen molar-refractivity contribution >= 4 is 23.2 Å². The van der Waals surface area contributed by atoms with E-state index < -0.39 is 0 Å². The van der Waals surface area contributed by atoms with Crippen LogP contribution >= 0.6 is 23.2 Å². The summed E-state index contributed by atoms with van der Waals surface area (Å²) in [7, 11) is 0. The Morgan fingerprint density at radius 3 is 2.32 bits per heavy atom. The molecule has 3 nitrogen and oxygen atoms in total. The molecule has 110 valence electrons. The van der Waals surface area contributed by atoms with Gasteiger partial charge in [-0.15, -0.1) is 0 Å². The lowest BCUT2D eigenvalue weighted by molar-refractivity contribution is 0.640. The normalized spacial score (nSPS) is 10.6. The molecule has 0 unspecified atom stereocenters. The van der Waals surface area contributed by atoms with Crippen molar-refractivity contribution in [3.8, 4) is 11.1 Å². The molecule has 0 bridgehead atoms. The van der Waals surface area contributed by atoms with Gasteiger partial charge in [-0.25, -0.2) is 4.68 Å². The predicted octanol–water partition coefficient (Wildman–Crippen LogP) is 4.27. The second-order valence-electron chi connectivity index (χ2n) is 4.84. The highest BCUT2D eigenvalue weighted by Gasteiger charge is 2.09. The van der Waals surface area contributed by atoms with Crippen molar-refractivity contribution in [1.82, 2.24) is 9.78 Å². The molecule has 2 aromatic carbocycles. The number of hydrogen-bond donors (Lipinski definition) is 0. The number of benzene rings is 2. The number of rotatable bonds is 3. The molecule has 1 heterocycles. The Labute approximate surface area is 137 Å². The SMILES string of the molecule is O=c1cc(-c2ccc(Cl)cc2)c(Cl)nn1Cc1ccccc1. The van der Waals surface area contributed by atoms with Gasteiger partial charge in [0.25, 0.3) is 5.56 Å². The minimum absolute atomic E-state index is 0.196. The van der Waals surface area contributed by atoms with Crippen LogP contribution in [0.3, 0.4) is 0 Å². The summed E-state index contributed by atoms with van der Waals surface area (Å²) in [5.41, 5.74) is 2.21. The van der Waals surface area contributed by atoms with Gasteiger partial charge in [-0.05, 0) is 23.3 Å². The molecule has 3 rings (SSSR count). The number of halogens is 2. The van der Waals surface area contributed by atoms with Crippen molar-refractivity contribution in [3.05, 3.63) is 86.8 Å². The molecule has 0 aliphatic carbocycles. The van der Waals surface area contributed by atoms with E-state index in [-0.39, 0.29) is 10.7 Å². The molecule has 0 spiro atoms. The summed E-state index contributed by atoms with van der Waals surface area (Å²) in [4.78, 5) is 12.3. The Kier molecular flexibility index (Phi) is 4.27. The van der Waals surface area contributed by atoms with Crippen LogP contribution in [0.25, 0.3) is 11.1 Å². The topological polar surface area (TPSA) is 34.9 Å². The number of hydrogen-bond acceptors (Lipinski definition) is 2. The summed E-state index contributed by atoms with van der Waals surface area (Å²) in [6, 6.07) is 18.3. The smallest absolute Gasteiger partial charge is 0.267 e. The van der Waals surface area contributed by atoms with Crippen LogP contribution < -0.4 is 5.56 Å². The van der Waals surface area contributed by atoms with Crippen molar-refractivity contribution in [2.75, 3.05) is 0 Å². The molecule has 0 aliphatic rings. The van der Waals surface area contributed by atoms with Gasteiger partial charge in [0.15, 0.2) is 5.15 Å². The first kappa shape index (κ1) is 14.8. The van der Waals surface area contributed by atoms with Gasteiger partial charge in [-0.1, -0.05) is 65.7 Å². The summed E-state index contributed by atoms with van der Waals surface area (Å²) in [5.74, 6) is 0. The van der Waals surface area contributed by atoms with Crippen LogP contribution in [0.1, 0.15) is 5.56 Å². The molecule has 3 aromatic rings. The summed E-state index contributed by atoms with van der Waals surface area (Å²) < 4.78 is 1.36. The van der Waals surface area contributed by atoms with E-state index in [2.05, 4.69) is 5.10 Å². The average molecular weight is 331 g/mol. The van der Waals surface area contributed by atoms with Gasteiger partial charge in [-0.2, -0.15) is 5.10 Å². The van der Waals surface area contributed by atoms with Crippen LogP contribution in [0, 0.1) is 0 Å². The van der Waals surface area contributed by atoms with Crippen LogP contribution in [0.4, 0.5) is 0 Å². The van der Waals surface area contributed by atoms with Gasteiger partial charge in [0.05, 0.1) is 6.54 Å². The fourth-order valence-corrected chi connectivity index (χ4v) is 2.55. The van der Waals surface area contributed by atoms with E-state index in [9.17, 15) is 4.79 Å². The van der Waals surface area contributed by atoms with Crippen LogP contribution in [0.15, 0.2) is 65.5 Å². The van der Waals surface area contributed by atoms with Crippen LogP contribution in [0.5, 0.6) is 0 Å². The molecule has 1 aromatic heterocycles. The fraction of sp³-hybridized carbons (Fsp3) is 0.0588. The highest BCUT2D eigenvalue weighted by molar-refractivity contribution is 6.32. The van der Waals surface area contributed by atoms with Gasteiger partial charge < -0.3 is 0 Å². The Morgan fingerprint density at radius 2 is 1.64 bits per heavy atom. The van der Waals surface area contributed by atoms with E-state index in [1.165, 1.54) is 10.7 Å².